The smallest absolute Gasteiger partial charge is 0.257 e. The molecular weight excluding hydrogens is 296 g/mol. The van der Waals surface area contributed by atoms with Gasteiger partial charge in [-0.3, -0.25) is 4.79 Å². The number of rotatable bonds is 5. The largest absolute Gasteiger partial charge is 0.339 e. The van der Waals surface area contributed by atoms with Crippen molar-refractivity contribution < 1.29 is 4.79 Å². The van der Waals surface area contributed by atoms with Gasteiger partial charge in [-0.05, 0) is 34.8 Å². The minimum absolute atomic E-state index is 0.0621. The van der Waals surface area contributed by atoms with Crippen molar-refractivity contribution in [3.63, 3.8) is 0 Å². The summed E-state index contributed by atoms with van der Waals surface area (Å²) >= 11 is 3.31. The molecular formula is C12H19BrN4O. The van der Waals surface area contributed by atoms with Gasteiger partial charge in [0.25, 0.3) is 5.91 Å². The molecule has 1 heterocycles. The maximum atomic E-state index is 12.4. The number of carbonyl (C=O) groups excluding carboxylic acids is 1. The average Bonchev–Trinajstić information content (AvgIpc) is 2.34. The van der Waals surface area contributed by atoms with E-state index in [0.29, 0.717) is 30.4 Å². The Kier molecular flexibility index (Phi) is 5.55. The Morgan fingerprint density at radius 3 is 2.78 bits per heavy atom. The topological polar surface area (TPSA) is 71.2 Å². The molecule has 3 N–H and O–H groups in total. The summed E-state index contributed by atoms with van der Waals surface area (Å²) in [5.41, 5.74) is 2.94. The van der Waals surface area contributed by atoms with E-state index in [0.717, 1.165) is 4.47 Å². The summed E-state index contributed by atoms with van der Waals surface area (Å²) in [7, 11) is 0. The van der Waals surface area contributed by atoms with Crippen molar-refractivity contribution in [2.45, 2.75) is 20.8 Å². The molecule has 0 radical (unpaired) electrons. The fraction of sp³-hybridized carbons (Fsp3) is 0.500. The van der Waals surface area contributed by atoms with Gasteiger partial charge in [0, 0.05) is 23.8 Å². The highest BCUT2D eigenvalue weighted by atomic mass is 79.9. The maximum Gasteiger partial charge on any atom is 0.257 e. The molecule has 0 saturated heterocycles. The van der Waals surface area contributed by atoms with Crippen molar-refractivity contribution in [2.24, 2.45) is 11.8 Å². The molecule has 18 heavy (non-hydrogen) atoms. The SMILES string of the molecule is CCN(CC(C)C)C(=O)c1cc(Br)cnc1NN. The zero-order valence-corrected chi connectivity index (χ0v) is 12.5. The van der Waals surface area contributed by atoms with Crippen LogP contribution in [0.2, 0.25) is 0 Å². The highest BCUT2D eigenvalue weighted by Crippen LogP contribution is 2.19. The van der Waals surface area contributed by atoms with Crippen LogP contribution in [0.5, 0.6) is 0 Å². The Hall–Kier alpha value is -1.14. The summed E-state index contributed by atoms with van der Waals surface area (Å²) in [5.74, 6) is 6.13. The maximum absolute atomic E-state index is 12.4. The molecule has 0 fully saturated rings. The number of aromatic nitrogens is 1. The molecule has 1 aromatic rings. The van der Waals surface area contributed by atoms with Gasteiger partial charge in [0.1, 0.15) is 0 Å². The lowest BCUT2D eigenvalue weighted by atomic mass is 10.1. The Labute approximate surface area is 116 Å². The Balaban J connectivity index is 3.04. The standard InChI is InChI=1S/C12H19BrN4O/c1-4-17(7-8(2)3)12(18)10-5-9(13)6-15-11(10)16-14/h5-6,8H,4,7,14H2,1-3H3,(H,15,16). The third kappa shape index (κ3) is 3.68. The van der Waals surface area contributed by atoms with Gasteiger partial charge >= 0.3 is 0 Å². The number of pyridine rings is 1. The number of anilines is 1. The summed E-state index contributed by atoms with van der Waals surface area (Å²) in [4.78, 5) is 18.3. The van der Waals surface area contributed by atoms with Crippen LogP contribution in [0, 0.1) is 5.92 Å². The number of nitrogens with one attached hydrogen (secondary N) is 1. The summed E-state index contributed by atoms with van der Waals surface area (Å²) in [6.07, 6.45) is 1.60. The Bertz CT molecular complexity index is 423. The summed E-state index contributed by atoms with van der Waals surface area (Å²) in [5, 5.41) is 0. The van der Waals surface area contributed by atoms with Crippen LogP contribution in [0.3, 0.4) is 0 Å². The first-order valence-electron chi connectivity index (χ1n) is 5.91. The first kappa shape index (κ1) is 14.9. The van der Waals surface area contributed by atoms with Crippen LogP contribution < -0.4 is 11.3 Å². The van der Waals surface area contributed by atoms with Crippen LogP contribution >= 0.6 is 15.9 Å². The first-order valence-corrected chi connectivity index (χ1v) is 6.70. The van der Waals surface area contributed by atoms with Gasteiger partial charge in [-0.2, -0.15) is 0 Å². The van der Waals surface area contributed by atoms with E-state index in [-0.39, 0.29) is 5.91 Å². The minimum Gasteiger partial charge on any atom is -0.339 e. The van der Waals surface area contributed by atoms with Crippen LogP contribution in [0.1, 0.15) is 31.1 Å². The van der Waals surface area contributed by atoms with E-state index in [4.69, 9.17) is 5.84 Å². The molecule has 0 unspecified atom stereocenters. The minimum atomic E-state index is -0.0621. The van der Waals surface area contributed by atoms with Crippen LogP contribution in [-0.2, 0) is 0 Å². The van der Waals surface area contributed by atoms with E-state index in [2.05, 4.69) is 40.2 Å². The molecule has 0 aromatic carbocycles. The number of carbonyl (C=O) groups is 1. The lowest BCUT2D eigenvalue weighted by Gasteiger charge is -2.23. The molecule has 1 amide bonds. The molecule has 1 aromatic heterocycles. The summed E-state index contributed by atoms with van der Waals surface area (Å²) in [6, 6.07) is 1.73. The Morgan fingerprint density at radius 1 is 1.61 bits per heavy atom. The summed E-state index contributed by atoms with van der Waals surface area (Å²) in [6.45, 7) is 7.50. The van der Waals surface area contributed by atoms with Crippen LogP contribution in [-0.4, -0.2) is 28.9 Å². The van der Waals surface area contributed by atoms with Crippen molar-refractivity contribution in [2.75, 3.05) is 18.5 Å². The van der Waals surface area contributed by atoms with Crippen LogP contribution in [0.4, 0.5) is 5.82 Å². The molecule has 0 bridgehead atoms. The van der Waals surface area contributed by atoms with Crippen molar-refractivity contribution in [3.05, 3.63) is 22.3 Å². The normalized spacial score (nSPS) is 10.6. The highest BCUT2D eigenvalue weighted by Gasteiger charge is 2.19. The predicted octanol–water partition coefficient (Wildman–Crippen LogP) is 2.25. The second-order valence-corrected chi connectivity index (χ2v) is 5.35. The van der Waals surface area contributed by atoms with Gasteiger partial charge in [0.05, 0.1) is 5.56 Å². The number of hydrogen-bond acceptors (Lipinski definition) is 4. The lowest BCUT2D eigenvalue weighted by Crippen LogP contribution is -2.34. The van der Waals surface area contributed by atoms with Crippen LogP contribution in [0.25, 0.3) is 0 Å². The van der Waals surface area contributed by atoms with Crippen molar-refractivity contribution in [1.82, 2.24) is 9.88 Å². The van der Waals surface area contributed by atoms with Crippen molar-refractivity contribution in [3.8, 4) is 0 Å². The van der Waals surface area contributed by atoms with Crippen LogP contribution in [0.15, 0.2) is 16.7 Å². The van der Waals surface area contributed by atoms with E-state index >= 15 is 0 Å². The second-order valence-electron chi connectivity index (χ2n) is 4.43. The quantitative estimate of drug-likeness (QED) is 0.646. The molecule has 5 nitrogen and oxygen atoms in total. The number of hydrogen-bond donors (Lipinski definition) is 2. The number of nitrogens with zero attached hydrogens (tertiary/aromatic N) is 2. The van der Waals surface area contributed by atoms with Gasteiger partial charge in [-0.25, -0.2) is 10.8 Å². The number of halogens is 1. The number of amides is 1. The van der Waals surface area contributed by atoms with Gasteiger partial charge in [0.2, 0.25) is 0 Å². The van der Waals surface area contributed by atoms with E-state index in [9.17, 15) is 4.79 Å². The molecule has 0 aliphatic heterocycles. The van der Waals surface area contributed by atoms with E-state index in [1.54, 1.807) is 17.2 Å². The first-order chi connectivity index (χ1) is 8.49. The van der Waals surface area contributed by atoms with Crippen molar-refractivity contribution >= 4 is 27.7 Å². The van der Waals surface area contributed by atoms with Crippen molar-refractivity contribution in [1.29, 1.82) is 0 Å². The fourth-order valence-electron chi connectivity index (χ4n) is 1.68. The molecule has 100 valence electrons. The van der Waals surface area contributed by atoms with E-state index in [1.165, 1.54) is 0 Å². The zero-order chi connectivity index (χ0) is 13.7. The van der Waals surface area contributed by atoms with Gasteiger partial charge in [0.15, 0.2) is 5.82 Å². The van der Waals surface area contributed by atoms with Gasteiger partial charge in [-0.1, -0.05) is 13.8 Å². The number of hydrazine groups is 1. The van der Waals surface area contributed by atoms with Gasteiger partial charge < -0.3 is 10.3 Å². The third-order valence-electron chi connectivity index (χ3n) is 2.48. The predicted molar refractivity (Wildman–Crippen MR) is 76.2 cm³/mol. The molecule has 0 aliphatic carbocycles. The molecule has 0 atom stereocenters. The Morgan fingerprint density at radius 2 is 2.28 bits per heavy atom. The average molecular weight is 315 g/mol. The molecule has 1 rings (SSSR count). The second kappa shape index (κ2) is 6.70. The zero-order valence-electron chi connectivity index (χ0n) is 10.9. The molecule has 0 spiro atoms. The lowest BCUT2D eigenvalue weighted by molar-refractivity contribution is 0.0746. The molecule has 0 saturated carbocycles. The third-order valence-corrected chi connectivity index (χ3v) is 2.91. The van der Waals surface area contributed by atoms with Gasteiger partial charge in [-0.15, -0.1) is 0 Å². The van der Waals surface area contributed by atoms with E-state index in [1.807, 2.05) is 6.92 Å². The molecule has 0 aliphatic rings. The number of nitrogens with two attached hydrogens (primary N) is 1. The summed E-state index contributed by atoms with van der Waals surface area (Å²) < 4.78 is 0.755. The fourth-order valence-corrected chi connectivity index (χ4v) is 2.02. The highest BCUT2D eigenvalue weighted by molar-refractivity contribution is 9.10. The monoisotopic (exact) mass is 314 g/mol. The van der Waals surface area contributed by atoms with E-state index < -0.39 is 0 Å². The number of nitrogen functional groups attached to an aromatic ring is 1. The molecule has 6 heteroatoms.